The highest BCUT2D eigenvalue weighted by Gasteiger charge is 2.21. The summed E-state index contributed by atoms with van der Waals surface area (Å²) in [5.41, 5.74) is -3.73. The van der Waals surface area contributed by atoms with Crippen LogP contribution in [0.2, 0.25) is 0 Å². The molecule has 1 rings (SSSR count). The highest BCUT2D eigenvalue weighted by atomic mass is 16.4. The van der Waals surface area contributed by atoms with Gasteiger partial charge < -0.3 is 25.4 Å². The maximum absolute atomic E-state index is 11.5. The lowest BCUT2D eigenvalue weighted by Crippen LogP contribution is -2.22. The van der Waals surface area contributed by atoms with Gasteiger partial charge in [-0.3, -0.25) is 9.59 Å². The summed E-state index contributed by atoms with van der Waals surface area (Å²) in [5, 5.41) is 35.4. The summed E-state index contributed by atoms with van der Waals surface area (Å²) >= 11 is 0. The number of carboxylic acid groups (broad SMARTS) is 3. The van der Waals surface area contributed by atoms with Crippen molar-refractivity contribution >= 4 is 29.5 Å². The Bertz CT molecular complexity index is 741. The van der Waals surface area contributed by atoms with E-state index in [9.17, 15) is 29.1 Å². The van der Waals surface area contributed by atoms with Gasteiger partial charge in [-0.1, -0.05) is 0 Å². The number of carbonyl (C=O) groups is 4. The highest BCUT2D eigenvalue weighted by molar-refractivity contribution is 6.38. The van der Waals surface area contributed by atoms with Crippen LogP contribution in [0.5, 0.6) is 0 Å². The van der Waals surface area contributed by atoms with Gasteiger partial charge in [0.15, 0.2) is 0 Å². The van der Waals surface area contributed by atoms with E-state index in [0.717, 1.165) is 0 Å². The molecule has 0 aliphatic heterocycles. The Kier molecular flexibility index (Phi) is 4.23. The van der Waals surface area contributed by atoms with Crippen molar-refractivity contribution in [3.8, 4) is 0 Å². The van der Waals surface area contributed by atoms with Gasteiger partial charge in [0, 0.05) is 6.08 Å². The van der Waals surface area contributed by atoms with Crippen LogP contribution in [0.1, 0.15) is 26.4 Å². The maximum Gasteiger partial charge on any atom is 0.376 e. The second kappa shape index (κ2) is 5.69. The van der Waals surface area contributed by atoms with Crippen molar-refractivity contribution in [1.82, 2.24) is 4.98 Å². The van der Waals surface area contributed by atoms with Gasteiger partial charge in [-0.2, -0.15) is 0 Å². The molecule has 0 saturated carbocycles. The molecule has 5 N–H and O–H groups in total. The first kappa shape index (κ1) is 15.6. The van der Waals surface area contributed by atoms with E-state index < -0.39 is 51.8 Å². The Morgan fingerprint density at radius 3 is 1.95 bits per heavy atom. The van der Waals surface area contributed by atoms with Crippen LogP contribution < -0.4 is 5.56 Å². The number of pyridine rings is 1. The third-order valence-electron chi connectivity index (χ3n) is 2.24. The molecule has 0 aromatic carbocycles. The van der Waals surface area contributed by atoms with Crippen LogP contribution >= 0.6 is 0 Å². The standard InChI is InChI=1S/C11H7NO9/c13-5(2-6(14)10(18)19)3-1-4(9(16)17)7(11(20)21)12-8(3)15/h1-2,13H,(H,12,15)(H,16,17)(H,18,19)(H,20,21). The molecule has 10 nitrogen and oxygen atoms in total. The van der Waals surface area contributed by atoms with Crippen molar-refractivity contribution in [2.24, 2.45) is 0 Å². The molecule has 0 aliphatic rings. The molecular weight excluding hydrogens is 290 g/mol. The Morgan fingerprint density at radius 2 is 1.52 bits per heavy atom. The molecule has 1 heterocycles. The summed E-state index contributed by atoms with van der Waals surface area (Å²) in [7, 11) is 0. The number of hydrogen-bond donors (Lipinski definition) is 5. The summed E-state index contributed by atoms with van der Waals surface area (Å²) in [6, 6.07) is 0.519. The molecule has 0 saturated heterocycles. The minimum atomic E-state index is -1.90. The second-order valence-electron chi connectivity index (χ2n) is 3.61. The lowest BCUT2D eigenvalue weighted by molar-refractivity contribution is -0.146. The number of aliphatic hydroxyl groups excluding tert-OH is 1. The van der Waals surface area contributed by atoms with Gasteiger partial charge in [-0.25, -0.2) is 14.4 Å². The van der Waals surface area contributed by atoms with Crippen LogP contribution in [-0.2, 0) is 9.59 Å². The number of aromatic carboxylic acids is 2. The zero-order valence-electron chi connectivity index (χ0n) is 9.98. The van der Waals surface area contributed by atoms with Crippen LogP contribution in [0.3, 0.4) is 0 Å². The Balaban J connectivity index is 3.53. The Hall–Kier alpha value is -3.43. The van der Waals surface area contributed by atoms with E-state index >= 15 is 0 Å². The number of carboxylic acids is 3. The summed E-state index contributed by atoms with van der Waals surface area (Å²) < 4.78 is 0. The fourth-order valence-corrected chi connectivity index (χ4v) is 1.32. The fraction of sp³-hybridized carbons (Fsp3) is 0. The molecule has 0 bridgehead atoms. The van der Waals surface area contributed by atoms with Crippen LogP contribution in [0.4, 0.5) is 0 Å². The number of ketones is 1. The molecular formula is C11H7NO9. The van der Waals surface area contributed by atoms with Crippen molar-refractivity contribution in [3.63, 3.8) is 0 Å². The third-order valence-corrected chi connectivity index (χ3v) is 2.24. The Labute approximate surface area is 114 Å². The topological polar surface area (TPSA) is 182 Å². The zero-order chi connectivity index (χ0) is 16.3. The van der Waals surface area contributed by atoms with Crippen molar-refractivity contribution in [2.75, 3.05) is 0 Å². The van der Waals surface area contributed by atoms with Gasteiger partial charge in [0.05, 0.1) is 11.1 Å². The predicted molar refractivity (Wildman–Crippen MR) is 64.2 cm³/mol. The first-order valence-corrected chi connectivity index (χ1v) is 5.07. The van der Waals surface area contributed by atoms with Crippen LogP contribution in [0, 0.1) is 0 Å². The van der Waals surface area contributed by atoms with Crippen LogP contribution in [0.25, 0.3) is 5.76 Å². The van der Waals surface area contributed by atoms with Crippen molar-refractivity contribution in [1.29, 1.82) is 0 Å². The summed E-state index contributed by atoms with van der Waals surface area (Å²) in [6.45, 7) is 0. The van der Waals surface area contributed by atoms with E-state index in [-0.39, 0.29) is 6.08 Å². The number of carbonyl (C=O) groups excluding carboxylic acids is 1. The minimum absolute atomic E-state index is 0.193. The average molecular weight is 297 g/mol. The first-order chi connectivity index (χ1) is 9.65. The van der Waals surface area contributed by atoms with E-state index in [1.807, 2.05) is 0 Å². The molecule has 10 heteroatoms. The summed E-state index contributed by atoms with van der Waals surface area (Å²) in [5.74, 6) is -7.99. The number of rotatable bonds is 5. The molecule has 0 atom stereocenters. The number of aromatic nitrogens is 1. The quantitative estimate of drug-likeness (QED) is 0.267. The summed E-state index contributed by atoms with van der Waals surface area (Å²) in [4.78, 5) is 56.1. The smallest absolute Gasteiger partial charge is 0.376 e. The van der Waals surface area contributed by atoms with Gasteiger partial charge >= 0.3 is 17.9 Å². The molecule has 0 aliphatic carbocycles. The average Bonchev–Trinajstić information content (AvgIpc) is 2.37. The third kappa shape index (κ3) is 3.32. The van der Waals surface area contributed by atoms with E-state index in [0.29, 0.717) is 6.07 Å². The lowest BCUT2D eigenvalue weighted by Gasteiger charge is -2.04. The number of hydrogen-bond acceptors (Lipinski definition) is 6. The Morgan fingerprint density at radius 1 is 0.952 bits per heavy atom. The van der Waals surface area contributed by atoms with Gasteiger partial charge in [0.2, 0.25) is 0 Å². The van der Waals surface area contributed by atoms with Gasteiger partial charge in [-0.05, 0) is 6.07 Å². The normalized spacial score (nSPS) is 11.0. The highest BCUT2D eigenvalue weighted by Crippen LogP contribution is 2.12. The molecule has 1 aromatic heterocycles. The number of aromatic amines is 1. The molecule has 21 heavy (non-hydrogen) atoms. The predicted octanol–water partition coefficient (Wildman–Crippen LogP) is -0.676. The van der Waals surface area contributed by atoms with Gasteiger partial charge in [0.25, 0.3) is 11.3 Å². The molecule has 0 unspecified atom stereocenters. The molecule has 0 spiro atoms. The van der Waals surface area contributed by atoms with Crippen molar-refractivity contribution in [2.45, 2.75) is 0 Å². The van der Waals surface area contributed by atoms with Crippen molar-refractivity contribution in [3.05, 3.63) is 39.3 Å². The summed E-state index contributed by atoms with van der Waals surface area (Å²) in [6.07, 6.45) is 0.193. The van der Waals surface area contributed by atoms with Gasteiger partial charge in [0.1, 0.15) is 11.5 Å². The number of H-pyrrole nitrogens is 1. The monoisotopic (exact) mass is 297 g/mol. The van der Waals surface area contributed by atoms with E-state index in [1.165, 1.54) is 0 Å². The van der Waals surface area contributed by atoms with E-state index in [2.05, 4.69) is 0 Å². The molecule has 0 radical (unpaired) electrons. The number of aliphatic hydroxyl groups is 1. The van der Waals surface area contributed by atoms with E-state index in [1.54, 1.807) is 4.98 Å². The maximum atomic E-state index is 11.5. The number of nitrogens with one attached hydrogen (secondary N) is 1. The minimum Gasteiger partial charge on any atom is -0.507 e. The van der Waals surface area contributed by atoms with Crippen LogP contribution in [-0.4, -0.2) is 49.1 Å². The number of aliphatic carboxylic acids is 1. The first-order valence-electron chi connectivity index (χ1n) is 5.07. The molecule has 0 amide bonds. The SMILES string of the molecule is O=C(O)C(=O)C=C(O)c1cc(C(=O)O)c(C(=O)O)[nH]c1=O. The van der Waals surface area contributed by atoms with Gasteiger partial charge in [-0.15, -0.1) is 0 Å². The second-order valence-corrected chi connectivity index (χ2v) is 3.61. The molecule has 0 fully saturated rings. The van der Waals surface area contributed by atoms with Crippen molar-refractivity contribution < 1.29 is 39.6 Å². The molecule has 110 valence electrons. The van der Waals surface area contributed by atoms with E-state index in [4.69, 9.17) is 15.3 Å². The zero-order valence-corrected chi connectivity index (χ0v) is 9.98. The largest absolute Gasteiger partial charge is 0.507 e. The van der Waals surface area contributed by atoms with Crippen LogP contribution in [0.15, 0.2) is 16.9 Å². The lowest BCUT2D eigenvalue weighted by atomic mass is 10.1. The fourth-order valence-electron chi connectivity index (χ4n) is 1.32. The molecule has 1 aromatic rings.